The third kappa shape index (κ3) is 4.75. The molecule has 0 aromatic heterocycles. The molecule has 11 heavy (non-hydrogen) atoms. The average molecular weight is 162 g/mol. The van der Waals surface area contributed by atoms with E-state index in [1.807, 2.05) is 6.92 Å². The van der Waals surface area contributed by atoms with Crippen LogP contribution in [0.5, 0.6) is 0 Å². The minimum Gasteiger partial charge on any atom is -0.477 e. The Morgan fingerprint density at radius 3 is 2.73 bits per heavy atom. The summed E-state index contributed by atoms with van der Waals surface area (Å²) in [5.41, 5.74) is 0. The Morgan fingerprint density at radius 2 is 2.36 bits per heavy atom. The second-order valence-corrected chi connectivity index (χ2v) is 2.35. The van der Waals surface area contributed by atoms with Gasteiger partial charge in [0.25, 0.3) is 0 Å². The maximum atomic E-state index is 10.4. The number of aliphatic carboxylic acids is 1. The largest absolute Gasteiger partial charge is 0.477 e. The van der Waals surface area contributed by atoms with Crippen molar-refractivity contribution in [3.63, 3.8) is 0 Å². The molecule has 0 radical (unpaired) electrons. The van der Waals surface area contributed by atoms with Gasteiger partial charge >= 0.3 is 5.97 Å². The van der Waals surface area contributed by atoms with Crippen molar-refractivity contribution in [3.8, 4) is 0 Å². The minimum absolute atomic E-state index is 0.291. The van der Waals surface area contributed by atoms with Crippen LogP contribution >= 0.6 is 0 Å². The van der Waals surface area contributed by atoms with Gasteiger partial charge in [-0.05, 0) is 6.42 Å². The summed E-state index contributed by atoms with van der Waals surface area (Å²) in [7, 11) is 1.73. The van der Waals surface area contributed by atoms with Gasteiger partial charge in [-0.15, -0.1) is 0 Å². The smallest absolute Gasteiger partial charge is 0.364 e. The highest BCUT2D eigenvalue weighted by Gasteiger charge is 2.17. The third-order valence-electron chi connectivity index (χ3n) is 1.37. The fourth-order valence-electron chi connectivity index (χ4n) is 0.665. The lowest BCUT2D eigenvalue weighted by molar-refractivity contribution is -0.653. The lowest BCUT2D eigenvalue weighted by Crippen LogP contribution is -2.89. The van der Waals surface area contributed by atoms with E-state index in [1.165, 1.54) is 0 Å². The van der Waals surface area contributed by atoms with Gasteiger partial charge in [0.05, 0.1) is 7.05 Å². The highest BCUT2D eigenvalue weighted by molar-refractivity contribution is 5.71. The topological polar surface area (TPSA) is 63.1 Å². The quantitative estimate of drug-likeness (QED) is 0.495. The first-order valence-corrected chi connectivity index (χ1v) is 3.82. The zero-order valence-corrected chi connectivity index (χ0v) is 7.04. The number of likely N-dealkylation sites (N-methyl/N-ethyl adjacent to an activating group) is 1. The Bertz CT molecular complexity index is 116. The molecule has 0 bridgehead atoms. The molecule has 0 rings (SSSR count). The summed E-state index contributed by atoms with van der Waals surface area (Å²) in [6, 6.07) is -0.457. The monoisotopic (exact) mass is 162 g/mol. The predicted molar refractivity (Wildman–Crippen MR) is 40.4 cm³/mol. The van der Waals surface area contributed by atoms with Crippen LogP contribution in [0.25, 0.3) is 0 Å². The van der Waals surface area contributed by atoms with Crippen molar-refractivity contribution in [1.82, 2.24) is 0 Å². The number of hydrogen-bond donors (Lipinski definition) is 2. The van der Waals surface area contributed by atoms with E-state index in [2.05, 4.69) is 0 Å². The second kappa shape index (κ2) is 6.12. The molecule has 0 spiro atoms. The zero-order chi connectivity index (χ0) is 8.69. The van der Waals surface area contributed by atoms with Gasteiger partial charge in [-0.25, -0.2) is 4.79 Å². The van der Waals surface area contributed by atoms with Crippen molar-refractivity contribution in [2.24, 2.45) is 0 Å². The molecule has 0 aromatic rings. The minimum atomic E-state index is -0.816. The van der Waals surface area contributed by atoms with Gasteiger partial charge in [-0.3, -0.25) is 0 Å². The fourth-order valence-corrected chi connectivity index (χ4v) is 0.665. The number of nitrogens with two attached hydrogens (primary N) is 1. The number of hydrogen-bond acceptors (Lipinski definition) is 2. The van der Waals surface area contributed by atoms with Crippen LogP contribution in [0.4, 0.5) is 0 Å². The molecule has 0 amide bonds. The van der Waals surface area contributed by atoms with Crippen LogP contribution in [0.2, 0.25) is 0 Å². The van der Waals surface area contributed by atoms with Gasteiger partial charge in [0.15, 0.2) is 0 Å². The van der Waals surface area contributed by atoms with Crippen LogP contribution in [0, 0.1) is 0 Å². The molecule has 1 atom stereocenters. The molecule has 3 N–H and O–H groups in total. The molecular formula is C7H16NO3+. The standard InChI is InChI=1S/C7H15NO3/c1-3-4-11-5-6(8-2)7(9)10/h6,8H,3-5H2,1-2H3,(H,9,10)/p+1/t6-/m1/s1. The predicted octanol–water partition coefficient (Wildman–Crippen LogP) is -0.941. The second-order valence-electron chi connectivity index (χ2n) is 2.35. The molecule has 0 aliphatic heterocycles. The molecule has 0 aliphatic rings. The molecule has 4 heteroatoms. The summed E-state index contributed by atoms with van der Waals surface area (Å²) in [5, 5.41) is 10.2. The molecule has 0 saturated heterocycles. The lowest BCUT2D eigenvalue weighted by Gasteiger charge is -2.07. The number of carbonyl (C=O) groups is 1. The maximum Gasteiger partial charge on any atom is 0.364 e. The number of quaternary nitrogens is 1. The van der Waals surface area contributed by atoms with Crippen LogP contribution in [0.3, 0.4) is 0 Å². The highest BCUT2D eigenvalue weighted by atomic mass is 16.5. The van der Waals surface area contributed by atoms with Crippen LogP contribution < -0.4 is 5.32 Å². The average Bonchev–Trinajstić information content (AvgIpc) is 1.97. The van der Waals surface area contributed by atoms with Crippen molar-refractivity contribution in [1.29, 1.82) is 0 Å². The van der Waals surface area contributed by atoms with Crippen LogP contribution in [-0.2, 0) is 9.53 Å². The first-order valence-electron chi connectivity index (χ1n) is 3.82. The van der Waals surface area contributed by atoms with Gasteiger partial charge < -0.3 is 15.2 Å². The molecule has 66 valence electrons. The Kier molecular flexibility index (Phi) is 5.78. The normalized spacial score (nSPS) is 12.9. The Morgan fingerprint density at radius 1 is 1.73 bits per heavy atom. The van der Waals surface area contributed by atoms with Gasteiger partial charge in [0, 0.05) is 6.61 Å². The van der Waals surface area contributed by atoms with Crippen molar-refractivity contribution in [3.05, 3.63) is 0 Å². The number of rotatable bonds is 6. The summed E-state index contributed by atoms with van der Waals surface area (Å²) in [5.74, 6) is -0.816. The van der Waals surface area contributed by atoms with Crippen LogP contribution in [-0.4, -0.2) is 37.4 Å². The van der Waals surface area contributed by atoms with Crippen molar-refractivity contribution in [2.75, 3.05) is 20.3 Å². The van der Waals surface area contributed by atoms with Crippen LogP contribution in [0.15, 0.2) is 0 Å². The number of carboxylic acid groups (broad SMARTS) is 1. The molecule has 0 aliphatic carbocycles. The summed E-state index contributed by atoms with van der Waals surface area (Å²) in [4.78, 5) is 10.4. The SMILES string of the molecule is CCCOC[C@@H]([NH2+]C)C(=O)O. The summed E-state index contributed by atoms with van der Waals surface area (Å²) in [6.45, 7) is 2.92. The molecule has 0 heterocycles. The van der Waals surface area contributed by atoms with E-state index in [0.29, 0.717) is 13.2 Å². The zero-order valence-electron chi connectivity index (χ0n) is 7.04. The number of ether oxygens (including phenoxy) is 1. The van der Waals surface area contributed by atoms with Crippen molar-refractivity contribution < 1.29 is 20.0 Å². The Labute approximate surface area is 66.5 Å². The van der Waals surface area contributed by atoms with E-state index >= 15 is 0 Å². The van der Waals surface area contributed by atoms with Crippen LogP contribution in [0.1, 0.15) is 13.3 Å². The first kappa shape index (κ1) is 10.4. The summed E-state index contributed by atoms with van der Waals surface area (Å²) < 4.78 is 5.09. The first-order chi connectivity index (χ1) is 5.22. The van der Waals surface area contributed by atoms with E-state index in [-0.39, 0.29) is 0 Å². The lowest BCUT2D eigenvalue weighted by atomic mass is 10.3. The maximum absolute atomic E-state index is 10.4. The van der Waals surface area contributed by atoms with E-state index in [4.69, 9.17) is 9.84 Å². The molecular weight excluding hydrogens is 146 g/mol. The summed E-state index contributed by atoms with van der Waals surface area (Å²) >= 11 is 0. The molecule has 4 nitrogen and oxygen atoms in total. The van der Waals surface area contributed by atoms with Gasteiger partial charge in [-0.1, -0.05) is 6.92 Å². The molecule has 0 aromatic carbocycles. The summed E-state index contributed by atoms with van der Waals surface area (Å²) in [6.07, 6.45) is 0.927. The van der Waals surface area contributed by atoms with E-state index in [1.54, 1.807) is 12.4 Å². The molecule has 0 unspecified atom stereocenters. The Balaban J connectivity index is 3.44. The highest BCUT2D eigenvalue weighted by Crippen LogP contribution is 1.83. The Hall–Kier alpha value is -0.610. The van der Waals surface area contributed by atoms with Gasteiger partial charge in [-0.2, -0.15) is 0 Å². The van der Waals surface area contributed by atoms with E-state index in [9.17, 15) is 4.79 Å². The molecule has 0 saturated carbocycles. The molecule has 0 fully saturated rings. The van der Waals surface area contributed by atoms with E-state index in [0.717, 1.165) is 6.42 Å². The van der Waals surface area contributed by atoms with E-state index < -0.39 is 12.0 Å². The van der Waals surface area contributed by atoms with Crippen molar-refractivity contribution in [2.45, 2.75) is 19.4 Å². The fraction of sp³-hybridized carbons (Fsp3) is 0.857. The van der Waals surface area contributed by atoms with Crippen molar-refractivity contribution >= 4 is 5.97 Å². The number of carboxylic acids is 1. The van der Waals surface area contributed by atoms with Gasteiger partial charge in [0.1, 0.15) is 6.61 Å². The third-order valence-corrected chi connectivity index (χ3v) is 1.37. The van der Waals surface area contributed by atoms with Gasteiger partial charge in [0.2, 0.25) is 6.04 Å².